The lowest BCUT2D eigenvalue weighted by molar-refractivity contribution is -0.236. The van der Waals surface area contributed by atoms with E-state index in [9.17, 15) is 4.79 Å². The van der Waals surface area contributed by atoms with E-state index in [-0.39, 0.29) is 6.61 Å². The van der Waals surface area contributed by atoms with Gasteiger partial charge in [-0.05, 0) is 37.1 Å². The van der Waals surface area contributed by atoms with Crippen LogP contribution in [0.1, 0.15) is 35.3 Å². The highest BCUT2D eigenvalue weighted by atomic mass is 16.8. The third-order valence-electron chi connectivity index (χ3n) is 6.37. The normalized spacial score (nSPS) is 24.9. The highest BCUT2D eigenvalue weighted by Crippen LogP contribution is 2.40. The molecule has 5 rings (SSSR count). The van der Waals surface area contributed by atoms with Gasteiger partial charge in [0.2, 0.25) is 0 Å². The molecule has 194 valence electrons. The fourth-order valence-electron chi connectivity index (χ4n) is 4.59. The molecule has 2 saturated heterocycles. The van der Waals surface area contributed by atoms with Crippen LogP contribution in [0, 0.1) is 0 Å². The van der Waals surface area contributed by atoms with Crippen LogP contribution in [0.25, 0.3) is 0 Å². The van der Waals surface area contributed by atoms with Crippen molar-refractivity contribution < 1.29 is 33.2 Å². The van der Waals surface area contributed by atoms with Crippen molar-refractivity contribution in [2.45, 2.75) is 63.6 Å². The van der Waals surface area contributed by atoms with Crippen molar-refractivity contribution in [2.75, 3.05) is 6.61 Å². The molecule has 7 heteroatoms. The van der Waals surface area contributed by atoms with Crippen molar-refractivity contribution >= 4 is 5.97 Å². The molecule has 0 bridgehead atoms. The molecule has 37 heavy (non-hydrogen) atoms. The minimum atomic E-state index is -0.797. The fourth-order valence-corrected chi connectivity index (χ4v) is 4.59. The maximum atomic E-state index is 12.7. The Balaban J connectivity index is 1.34. The van der Waals surface area contributed by atoms with Crippen LogP contribution in [0.5, 0.6) is 0 Å². The molecule has 0 amide bonds. The summed E-state index contributed by atoms with van der Waals surface area (Å²) >= 11 is 0. The Morgan fingerprint density at radius 1 is 0.838 bits per heavy atom. The standard InChI is InChI=1S/C30H32O7/c1-30(2)36-27-26(33-19-22-14-8-4-9-15-22)25(35-29(27)37-30)24(32-18-21-12-6-3-7-13-21)20-34-28(31)23-16-10-5-11-17-23/h3-17,24-27,29H,18-20H2,1-2H3/t24-,25-,26+,27-,29-/m1/s1. The maximum Gasteiger partial charge on any atom is 0.338 e. The zero-order valence-electron chi connectivity index (χ0n) is 21.0. The topological polar surface area (TPSA) is 72.5 Å². The summed E-state index contributed by atoms with van der Waals surface area (Å²) < 4.78 is 36.9. The molecule has 3 aromatic carbocycles. The van der Waals surface area contributed by atoms with E-state index in [1.54, 1.807) is 24.3 Å². The smallest absolute Gasteiger partial charge is 0.338 e. The fraction of sp³-hybridized carbons (Fsp3) is 0.367. The Bertz CT molecular complexity index is 1140. The van der Waals surface area contributed by atoms with Gasteiger partial charge < -0.3 is 28.4 Å². The highest BCUT2D eigenvalue weighted by Gasteiger charge is 2.57. The molecule has 0 unspecified atom stereocenters. The lowest BCUT2D eigenvalue weighted by atomic mass is 10.1. The van der Waals surface area contributed by atoms with Crippen LogP contribution < -0.4 is 0 Å². The number of carbonyl (C=O) groups excluding carboxylic acids is 1. The lowest BCUT2D eigenvalue weighted by Gasteiger charge is -2.31. The lowest BCUT2D eigenvalue weighted by Crippen LogP contribution is -2.45. The van der Waals surface area contributed by atoms with Gasteiger partial charge in [-0.2, -0.15) is 0 Å². The molecule has 3 aromatic rings. The van der Waals surface area contributed by atoms with E-state index < -0.39 is 42.5 Å². The largest absolute Gasteiger partial charge is 0.459 e. The first-order chi connectivity index (χ1) is 18.0. The first-order valence-electron chi connectivity index (χ1n) is 12.5. The van der Waals surface area contributed by atoms with Gasteiger partial charge in [-0.25, -0.2) is 4.79 Å². The predicted molar refractivity (Wildman–Crippen MR) is 135 cm³/mol. The second-order valence-corrected chi connectivity index (χ2v) is 9.63. The Morgan fingerprint density at radius 2 is 1.43 bits per heavy atom. The molecule has 0 aromatic heterocycles. The van der Waals surface area contributed by atoms with E-state index in [2.05, 4.69) is 0 Å². The molecule has 5 atom stereocenters. The molecular weight excluding hydrogens is 472 g/mol. The van der Waals surface area contributed by atoms with Crippen molar-refractivity contribution in [3.8, 4) is 0 Å². The Hall–Kier alpha value is -3.07. The van der Waals surface area contributed by atoms with E-state index >= 15 is 0 Å². The third kappa shape index (κ3) is 6.44. The van der Waals surface area contributed by atoms with E-state index in [0.717, 1.165) is 11.1 Å². The molecule has 0 spiro atoms. The summed E-state index contributed by atoms with van der Waals surface area (Å²) in [6.07, 6.45) is -2.76. The van der Waals surface area contributed by atoms with Crippen LogP contribution in [0.2, 0.25) is 0 Å². The summed E-state index contributed by atoms with van der Waals surface area (Å²) in [6.45, 7) is 4.38. The minimum absolute atomic E-state index is 0.0146. The van der Waals surface area contributed by atoms with Crippen LogP contribution in [0.15, 0.2) is 91.0 Å². The van der Waals surface area contributed by atoms with Crippen molar-refractivity contribution in [3.63, 3.8) is 0 Å². The molecule has 2 aliphatic heterocycles. The SMILES string of the molecule is CC1(C)O[C@H]2O[C@H]([C@@H](COC(=O)c3ccccc3)OCc3ccccc3)[C@H](OCc3ccccc3)[C@H]2O1. The summed E-state index contributed by atoms with van der Waals surface area (Å²) in [5.41, 5.74) is 2.49. The van der Waals surface area contributed by atoms with Crippen LogP contribution in [-0.4, -0.2) is 49.1 Å². The van der Waals surface area contributed by atoms with Gasteiger partial charge >= 0.3 is 5.97 Å². The van der Waals surface area contributed by atoms with Gasteiger partial charge in [-0.1, -0.05) is 78.9 Å². The van der Waals surface area contributed by atoms with Gasteiger partial charge in [0.1, 0.15) is 31.0 Å². The van der Waals surface area contributed by atoms with Crippen molar-refractivity contribution in [2.24, 2.45) is 0 Å². The molecule has 2 heterocycles. The predicted octanol–water partition coefficient (Wildman–Crippen LogP) is 4.89. The van der Waals surface area contributed by atoms with E-state index in [0.29, 0.717) is 18.8 Å². The average Bonchev–Trinajstić information content (AvgIpc) is 3.40. The van der Waals surface area contributed by atoms with Gasteiger partial charge in [0.05, 0.1) is 18.8 Å². The second-order valence-electron chi connectivity index (χ2n) is 9.63. The van der Waals surface area contributed by atoms with Crippen molar-refractivity contribution in [1.29, 1.82) is 0 Å². The number of fused-ring (bicyclic) bond motifs is 1. The van der Waals surface area contributed by atoms with Gasteiger partial charge in [0.25, 0.3) is 0 Å². The van der Waals surface area contributed by atoms with Crippen molar-refractivity contribution in [3.05, 3.63) is 108 Å². The number of hydrogen-bond donors (Lipinski definition) is 0. The molecule has 2 fully saturated rings. The zero-order valence-corrected chi connectivity index (χ0v) is 21.0. The molecule has 0 saturated carbocycles. The molecule has 0 aliphatic carbocycles. The second kappa shape index (κ2) is 11.5. The Kier molecular flexibility index (Phi) is 7.98. The first kappa shape index (κ1) is 25.6. The molecule has 0 N–H and O–H groups in total. The summed E-state index contributed by atoms with van der Waals surface area (Å²) in [6, 6.07) is 28.6. The van der Waals surface area contributed by atoms with Crippen LogP contribution in [-0.2, 0) is 41.6 Å². The van der Waals surface area contributed by atoms with Crippen LogP contribution >= 0.6 is 0 Å². The summed E-state index contributed by atoms with van der Waals surface area (Å²) in [5.74, 6) is -1.23. The zero-order chi connectivity index (χ0) is 25.7. The monoisotopic (exact) mass is 504 g/mol. The van der Waals surface area contributed by atoms with Gasteiger partial charge in [0.15, 0.2) is 12.1 Å². The summed E-state index contributed by atoms with van der Waals surface area (Å²) in [5, 5.41) is 0. The number of rotatable bonds is 10. The van der Waals surface area contributed by atoms with Crippen LogP contribution in [0.4, 0.5) is 0 Å². The van der Waals surface area contributed by atoms with E-state index in [4.69, 9.17) is 28.4 Å². The number of benzene rings is 3. The third-order valence-corrected chi connectivity index (χ3v) is 6.37. The average molecular weight is 505 g/mol. The molecule has 0 radical (unpaired) electrons. The molecular formula is C30H32O7. The minimum Gasteiger partial charge on any atom is -0.459 e. The van der Waals surface area contributed by atoms with Gasteiger partial charge in [0, 0.05) is 0 Å². The molecule has 2 aliphatic rings. The highest BCUT2D eigenvalue weighted by molar-refractivity contribution is 5.89. The first-order valence-corrected chi connectivity index (χ1v) is 12.5. The van der Waals surface area contributed by atoms with E-state index in [1.165, 1.54) is 0 Å². The summed E-state index contributed by atoms with van der Waals surface area (Å²) in [7, 11) is 0. The maximum absolute atomic E-state index is 12.7. The quantitative estimate of drug-likeness (QED) is 0.364. The number of hydrogen-bond acceptors (Lipinski definition) is 7. The number of carbonyl (C=O) groups is 1. The Morgan fingerprint density at radius 3 is 2.08 bits per heavy atom. The summed E-state index contributed by atoms with van der Waals surface area (Å²) in [4.78, 5) is 12.7. The Labute approximate surface area is 217 Å². The number of ether oxygens (including phenoxy) is 6. The van der Waals surface area contributed by atoms with Gasteiger partial charge in [-0.3, -0.25) is 0 Å². The van der Waals surface area contributed by atoms with Crippen molar-refractivity contribution in [1.82, 2.24) is 0 Å². The van der Waals surface area contributed by atoms with E-state index in [1.807, 2.05) is 80.6 Å². The number of esters is 1. The van der Waals surface area contributed by atoms with Gasteiger partial charge in [-0.15, -0.1) is 0 Å². The van der Waals surface area contributed by atoms with Crippen LogP contribution in [0.3, 0.4) is 0 Å². The molecule has 7 nitrogen and oxygen atoms in total.